The van der Waals surface area contributed by atoms with Crippen LogP contribution in [0, 0.1) is 19.7 Å². The van der Waals surface area contributed by atoms with Gasteiger partial charge in [0.25, 0.3) is 5.91 Å². The fraction of sp³-hybridized carbons (Fsp3) is 0.294. The summed E-state index contributed by atoms with van der Waals surface area (Å²) >= 11 is 1.21. The second-order valence-electron chi connectivity index (χ2n) is 10.7. The van der Waals surface area contributed by atoms with E-state index in [0.29, 0.717) is 40.9 Å². The number of nitrogens with zero attached hydrogens (tertiary/aromatic N) is 4. The number of hydrogen-bond acceptors (Lipinski definition) is 8. The van der Waals surface area contributed by atoms with Crippen LogP contribution in [0.5, 0.6) is 5.75 Å². The first-order valence-corrected chi connectivity index (χ1v) is 15.6. The average Bonchev–Trinajstić information content (AvgIpc) is 3.05. The monoisotopic (exact) mass is 629 g/mol. The van der Waals surface area contributed by atoms with Crippen molar-refractivity contribution in [3.8, 4) is 5.75 Å². The highest BCUT2D eigenvalue weighted by atomic mass is 32.2. The number of methoxy groups -OCH3 is 1. The Morgan fingerprint density at radius 2 is 1.62 bits per heavy atom. The highest BCUT2D eigenvalue weighted by Gasteiger charge is 2.32. The molecule has 1 aromatic heterocycles. The second kappa shape index (κ2) is 15.0. The van der Waals surface area contributed by atoms with Crippen molar-refractivity contribution in [3.63, 3.8) is 0 Å². The van der Waals surface area contributed by atoms with E-state index < -0.39 is 6.04 Å². The molecule has 5 rings (SSSR count). The number of benzene rings is 3. The Morgan fingerprint density at radius 3 is 2.24 bits per heavy atom. The minimum absolute atomic E-state index is 0.00172. The van der Waals surface area contributed by atoms with E-state index in [1.54, 1.807) is 43.5 Å². The number of thioether (sulfide) groups is 1. The predicted molar refractivity (Wildman–Crippen MR) is 173 cm³/mol. The number of aromatic nitrogens is 2. The molecule has 9 nitrogen and oxygen atoms in total. The summed E-state index contributed by atoms with van der Waals surface area (Å²) in [6, 6.07) is 21.5. The molecular formula is C34H36FN5O4S. The van der Waals surface area contributed by atoms with E-state index in [-0.39, 0.29) is 29.9 Å². The van der Waals surface area contributed by atoms with E-state index in [4.69, 9.17) is 9.47 Å². The van der Waals surface area contributed by atoms with Gasteiger partial charge in [0.05, 0.1) is 26.1 Å². The molecule has 0 bridgehead atoms. The number of rotatable bonds is 11. The molecule has 3 aromatic carbocycles. The fourth-order valence-electron chi connectivity index (χ4n) is 5.12. The second-order valence-corrected chi connectivity index (χ2v) is 11.6. The minimum Gasteiger partial charge on any atom is -0.497 e. The van der Waals surface area contributed by atoms with Gasteiger partial charge in [-0.1, -0.05) is 36.0 Å². The summed E-state index contributed by atoms with van der Waals surface area (Å²) in [5, 5.41) is 3.50. The molecule has 1 atom stereocenters. The molecule has 0 radical (unpaired) electrons. The van der Waals surface area contributed by atoms with Crippen molar-refractivity contribution in [2.24, 2.45) is 0 Å². The van der Waals surface area contributed by atoms with Crippen molar-refractivity contribution < 1.29 is 23.5 Å². The largest absolute Gasteiger partial charge is 0.497 e. The van der Waals surface area contributed by atoms with Crippen LogP contribution in [-0.2, 0) is 20.9 Å². The van der Waals surface area contributed by atoms with Gasteiger partial charge in [0, 0.05) is 42.4 Å². The lowest BCUT2D eigenvalue weighted by Gasteiger charge is -2.32. The number of halogens is 1. The molecule has 1 unspecified atom stereocenters. The maximum absolute atomic E-state index is 14.2. The van der Waals surface area contributed by atoms with Crippen LogP contribution in [0.1, 0.15) is 28.6 Å². The molecule has 234 valence electrons. The van der Waals surface area contributed by atoms with Crippen LogP contribution in [0.2, 0.25) is 0 Å². The van der Waals surface area contributed by atoms with Gasteiger partial charge in [-0.15, -0.1) is 0 Å². The zero-order valence-corrected chi connectivity index (χ0v) is 26.4. The first-order valence-electron chi connectivity index (χ1n) is 14.7. The van der Waals surface area contributed by atoms with E-state index in [1.165, 1.54) is 28.8 Å². The lowest BCUT2D eigenvalue weighted by molar-refractivity contribution is -0.137. The van der Waals surface area contributed by atoms with Crippen molar-refractivity contribution in [2.75, 3.05) is 49.4 Å². The van der Waals surface area contributed by atoms with E-state index in [1.807, 2.05) is 44.2 Å². The Balaban J connectivity index is 1.45. The standard InChI is InChI=1S/C34H36FN5O4S/c1-23-20-24(2)37-34(36-23)45-22-31(41)40(21-25-4-8-27(35)9-5-25)32(26-6-14-30(43-3)15-7-26)33(42)38-28-10-12-29(13-11-28)39-16-18-44-19-17-39/h4-15,20,32H,16-19,21-22H2,1-3H3,(H,38,42). The molecule has 0 aliphatic carbocycles. The lowest BCUT2D eigenvalue weighted by atomic mass is 10.0. The van der Waals surface area contributed by atoms with Gasteiger partial charge in [-0.05, 0) is 79.6 Å². The van der Waals surface area contributed by atoms with Gasteiger partial charge in [0.2, 0.25) is 5.91 Å². The molecule has 0 saturated carbocycles. The maximum Gasteiger partial charge on any atom is 0.251 e. The maximum atomic E-state index is 14.2. The fourth-order valence-corrected chi connectivity index (χ4v) is 5.96. The van der Waals surface area contributed by atoms with E-state index in [0.717, 1.165) is 30.2 Å². The average molecular weight is 630 g/mol. The normalized spacial score (nSPS) is 13.6. The molecular weight excluding hydrogens is 593 g/mol. The molecule has 1 saturated heterocycles. The summed E-state index contributed by atoms with van der Waals surface area (Å²) in [6.07, 6.45) is 0. The summed E-state index contributed by atoms with van der Waals surface area (Å²) in [4.78, 5) is 40.8. The van der Waals surface area contributed by atoms with Gasteiger partial charge in [-0.3, -0.25) is 9.59 Å². The molecule has 1 aliphatic heterocycles. The van der Waals surface area contributed by atoms with Crippen molar-refractivity contribution in [2.45, 2.75) is 31.6 Å². The van der Waals surface area contributed by atoms with Crippen molar-refractivity contribution in [1.29, 1.82) is 0 Å². The third kappa shape index (κ3) is 8.58. The Bertz CT molecular complexity index is 1580. The Kier molecular flexibility index (Phi) is 10.6. The quantitative estimate of drug-likeness (QED) is 0.170. The van der Waals surface area contributed by atoms with Crippen LogP contribution in [0.25, 0.3) is 0 Å². The summed E-state index contributed by atoms with van der Waals surface area (Å²) in [7, 11) is 1.57. The van der Waals surface area contributed by atoms with Gasteiger partial charge < -0.3 is 24.6 Å². The predicted octanol–water partition coefficient (Wildman–Crippen LogP) is 5.58. The van der Waals surface area contributed by atoms with Crippen LogP contribution in [0.15, 0.2) is 84.0 Å². The molecule has 11 heteroatoms. The topological polar surface area (TPSA) is 96.9 Å². The number of carbonyl (C=O) groups is 2. The van der Waals surface area contributed by atoms with Crippen LogP contribution in [0.3, 0.4) is 0 Å². The Morgan fingerprint density at radius 1 is 0.978 bits per heavy atom. The highest BCUT2D eigenvalue weighted by Crippen LogP contribution is 2.29. The molecule has 1 aliphatic rings. The van der Waals surface area contributed by atoms with Gasteiger partial charge in [-0.2, -0.15) is 0 Å². The van der Waals surface area contributed by atoms with Crippen molar-refractivity contribution in [3.05, 3.63) is 107 Å². The number of aryl methyl sites for hydroxylation is 2. The first kappa shape index (κ1) is 31.9. The summed E-state index contributed by atoms with van der Waals surface area (Å²) in [5.41, 5.74) is 4.52. The smallest absolute Gasteiger partial charge is 0.251 e. The molecule has 4 aromatic rings. The van der Waals surface area contributed by atoms with Crippen LogP contribution >= 0.6 is 11.8 Å². The molecule has 0 spiro atoms. The van der Waals surface area contributed by atoms with Crippen molar-refractivity contribution in [1.82, 2.24) is 14.9 Å². The zero-order chi connectivity index (χ0) is 31.8. The third-order valence-corrected chi connectivity index (χ3v) is 8.21. The molecule has 45 heavy (non-hydrogen) atoms. The van der Waals surface area contributed by atoms with E-state index in [9.17, 15) is 14.0 Å². The molecule has 2 heterocycles. The number of nitrogens with one attached hydrogen (secondary N) is 1. The Labute approximate surface area is 266 Å². The van der Waals surface area contributed by atoms with Gasteiger partial charge in [0.15, 0.2) is 5.16 Å². The van der Waals surface area contributed by atoms with Gasteiger partial charge >= 0.3 is 0 Å². The zero-order valence-electron chi connectivity index (χ0n) is 25.5. The molecule has 2 amide bonds. The SMILES string of the molecule is COc1ccc(C(C(=O)Nc2ccc(N3CCOCC3)cc2)N(Cc2ccc(F)cc2)C(=O)CSc2nc(C)cc(C)n2)cc1. The van der Waals surface area contributed by atoms with Crippen LogP contribution in [-0.4, -0.2) is 65.8 Å². The van der Waals surface area contributed by atoms with Crippen LogP contribution in [0.4, 0.5) is 15.8 Å². The highest BCUT2D eigenvalue weighted by molar-refractivity contribution is 7.99. The summed E-state index contributed by atoms with van der Waals surface area (Å²) in [5.74, 6) is -0.453. The number of anilines is 2. The van der Waals surface area contributed by atoms with Gasteiger partial charge in [-0.25, -0.2) is 14.4 Å². The number of morpholine rings is 1. The number of amides is 2. The van der Waals surface area contributed by atoms with E-state index >= 15 is 0 Å². The number of ether oxygens (including phenoxy) is 2. The van der Waals surface area contributed by atoms with Crippen molar-refractivity contribution >= 4 is 35.0 Å². The third-order valence-electron chi connectivity index (χ3n) is 7.38. The summed E-state index contributed by atoms with van der Waals surface area (Å²) in [6.45, 7) is 6.78. The molecule has 1 fully saturated rings. The van der Waals surface area contributed by atoms with Gasteiger partial charge in [0.1, 0.15) is 17.6 Å². The first-order chi connectivity index (χ1) is 21.8. The lowest BCUT2D eigenvalue weighted by Crippen LogP contribution is -2.41. The summed E-state index contributed by atoms with van der Waals surface area (Å²) < 4.78 is 24.6. The number of carbonyl (C=O) groups excluding carboxylic acids is 2. The van der Waals surface area contributed by atoms with Crippen LogP contribution < -0.4 is 15.0 Å². The molecule has 1 N–H and O–H groups in total. The van der Waals surface area contributed by atoms with E-state index in [2.05, 4.69) is 20.2 Å². The minimum atomic E-state index is -1.01. The number of hydrogen-bond donors (Lipinski definition) is 1. The Hall–Kier alpha value is -4.48.